The molecule has 4 heterocycles. The van der Waals surface area contributed by atoms with E-state index in [4.69, 9.17) is 4.74 Å². The molecule has 8 heteroatoms. The van der Waals surface area contributed by atoms with Gasteiger partial charge in [-0.2, -0.15) is 0 Å². The molecule has 0 N–H and O–H groups in total. The molecule has 2 aromatic carbocycles. The van der Waals surface area contributed by atoms with Gasteiger partial charge in [0, 0.05) is 62.3 Å². The summed E-state index contributed by atoms with van der Waals surface area (Å²) in [7, 11) is -1.48. The van der Waals surface area contributed by atoms with Gasteiger partial charge in [0.1, 0.15) is 12.4 Å². The third-order valence-electron chi connectivity index (χ3n) is 7.88. The molecule has 3 aliphatic rings. The van der Waals surface area contributed by atoms with Crippen molar-refractivity contribution in [1.82, 2.24) is 9.47 Å². The van der Waals surface area contributed by atoms with Gasteiger partial charge in [0.2, 0.25) is 0 Å². The maximum atomic E-state index is 13.0. The number of piperazine rings is 1. The van der Waals surface area contributed by atoms with Crippen LogP contribution in [0.25, 0.3) is 17.1 Å². The molecule has 2 saturated heterocycles. The van der Waals surface area contributed by atoms with Gasteiger partial charge in [-0.3, -0.25) is 4.90 Å². The predicted octanol–water partition coefficient (Wildman–Crippen LogP) is 4.09. The van der Waals surface area contributed by atoms with E-state index in [0.717, 1.165) is 42.8 Å². The first-order valence-corrected chi connectivity index (χ1v) is 14.6. The molecule has 6 rings (SSSR count). The summed E-state index contributed by atoms with van der Waals surface area (Å²) in [4.78, 5) is 7.53. The number of aromatic nitrogens is 1. The van der Waals surface area contributed by atoms with Crippen molar-refractivity contribution < 1.29 is 13.2 Å². The van der Waals surface area contributed by atoms with Crippen LogP contribution in [0.4, 0.5) is 11.4 Å². The van der Waals surface area contributed by atoms with E-state index in [9.17, 15) is 8.42 Å². The fraction of sp³-hybridized carbons (Fsp3) is 0.429. The van der Waals surface area contributed by atoms with Crippen molar-refractivity contribution in [1.29, 1.82) is 0 Å². The number of piperidine rings is 1. The Bertz CT molecular complexity index is 1400. The molecule has 0 bridgehead atoms. The quantitative estimate of drug-likeness (QED) is 0.520. The molecule has 190 valence electrons. The van der Waals surface area contributed by atoms with Crippen LogP contribution < -0.4 is 14.5 Å². The number of ether oxygens (including phenoxy) is 1. The van der Waals surface area contributed by atoms with E-state index in [2.05, 4.69) is 39.0 Å². The molecule has 7 nitrogen and oxygen atoms in total. The average Bonchev–Trinajstić information content (AvgIpc) is 3.30. The molecule has 1 atom stereocenters. The zero-order valence-electron chi connectivity index (χ0n) is 20.8. The van der Waals surface area contributed by atoms with Gasteiger partial charge < -0.3 is 19.1 Å². The molecule has 0 saturated carbocycles. The van der Waals surface area contributed by atoms with Gasteiger partial charge in [-0.15, -0.1) is 0 Å². The zero-order chi connectivity index (χ0) is 24.7. The topological polar surface area (TPSA) is 58.0 Å². The molecular formula is C28H34N4O3S. The minimum absolute atomic E-state index is 0.0649. The first kappa shape index (κ1) is 23.4. The normalized spacial score (nSPS) is 21.0. The van der Waals surface area contributed by atoms with Gasteiger partial charge in [-0.1, -0.05) is 18.6 Å². The van der Waals surface area contributed by atoms with Gasteiger partial charge in [-0.25, -0.2) is 8.42 Å². The summed E-state index contributed by atoms with van der Waals surface area (Å²) in [6.07, 6.45) is 9.55. The number of fused-ring (bicyclic) bond motifs is 3. The molecule has 0 spiro atoms. The first-order valence-electron chi connectivity index (χ1n) is 12.9. The molecule has 3 aromatic rings. The van der Waals surface area contributed by atoms with Gasteiger partial charge >= 0.3 is 0 Å². The number of benzene rings is 2. The van der Waals surface area contributed by atoms with Crippen molar-refractivity contribution in [2.45, 2.75) is 30.2 Å². The third kappa shape index (κ3) is 4.48. The van der Waals surface area contributed by atoms with Gasteiger partial charge in [-0.05, 0) is 49.7 Å². The van der Waals surface area contributed by atoms with Crippen LogP contribution in [0.15, 0.2) is 59.6 Å². The highest BCUT2D eigenvalue weighted by Crippen LogP contribution is 2.33. The molecule has 0 amide bonds. The Labute approximate surface area is 213 Å². The number of likely N-dealkylation sites (N-methyl/N-ethyl adjacent to an activating group) is 1. The van der Waals surface area contributed by atoms with Crippen molar-refractivity contribution in [3.05, 3.63) is 54.7 Å². The maximum absolute atomic E-state index is 13.0. The SMILES string of the molecule is CN1CCOc2cc(S(=O)(=O)CC=Cn3ccc4ccc(N5CCN6CCCCC6C5)cc43)ccc21. The third-order valence-corrected chi connectivity index (χ3v) is 9.48. The largest absolute Gasteiger partial charge is 0.490 e. The smallest absolute Gasteiger partial charge is 0.182 e. The standard InChI is InChI=1S/C28H34N4O3S/c1-29-16-17-35-28-20-25(8-9-26(28)29)36(33,34)18-4-12-31-13-10-22-6-7-23(19-27(22)31)32-15-14-30-11-3-2-5-24(30)21-32/h4,6-10,12-13,19-20,24H,2-3,5,11,14-18,21H2,1H3. The van der Waals surface area contributed by atoms with Crippen molar-refractivity contribution in [3.63, 3.8) is 0 Å². The second kappa shape index (κ2) is 9.48. The van der Waals surface area contributed by atoms with Crippen LogP contribution in [-0.2, 0) is 9.84 Å². The van der Waals surface area contributed by atoms with E-state index in [1.807, 2.05) is 30.1 Å². The molecule has 2 fully saturated rings. The Morgan fingerprint density at radius 1 is 1.03 bits per heavy atom. The highest BCUT2D eigenvalue weighted by molar-refractivity contribution is 7.91. The van der Waals surface area contributed by atoms with Crippen LogP contribution in [-0.4, -0.2) is 76.1 Å². The molecule has 1 aromatic heterocycles. The lowest BCUT2D eigenvalue weighted by Gasteiger charge is -2.45. The van der Waals surface area contributed by atoms with Crippen molar-refractivity contribution in [2.24, 2.45) is 0 Å². The van der Waals surface area contributed by atoms with Crippen LogP contribution >= 0.6 is 0 Å². The molecule has 1 unspecified atom stereocenters. The maximum Gasteiger partial charge on any atom is 0.182 e. The first-order chi connectivity index (χ1) is 17.5. The summed E-state index contributed by atoms with van der Waals surface area (Å²) in [5.74, 6) is 0.566. The van der Waals surface area contributed by atoms with E-state index in [-0.39, 0.29) is 5.75 Å². The van der Waals surface area contributed by atoms with E-state index < -0.39 is 9.84 Å². The number of hydrogen-bond acceptors (Lipinski definition) is 6. The van der Waals surface area contributed by atoms with Gasteiger partial charge in [0.05, 0.1) is 28.4 Å². The number of anilines is 2. The Hall–Kier alpha value is -2.97. The van der Waals surface area contributed by atoms with Crippen molar-refractivity contribution in [3.8, 4) is 5.75 Å². The highest BCUT2D eigenvalue weighted by Gasteiger charge is 2.29. The van der Waals surface area contributed by atoms with Gasteiger partial charge in [0.25, 0.3) is 0 Å². The highest BCUT2D eigenvalue weighted by atomic mass is 32.2. The van der Waals surface area contributed by atoms with E-state index in [1.165, 1.54) is 31.5 Å². The molecular weight excluding hydrogens is 472 g/mol. The minimum Gasteiger partial charge on any atom is -0.490 e. The number of hydrogen-bond donors (Lipinski definition) is 0. The number of sulfone groups is 1. The van der Waals surface area contributed by atoms with E-state index >= 15 is 0 Å². The molecule has 0 radical (unpaired) electrons. The average molecular weight is 507 g/mol. The predicted molar refractivity (Wildman–Crippen MR) is 146 cm³/mol. The molecule has 3 aliphatic heterocycles. The lowest BCUT2D eigenvalue weighted by atomic mass is 9.99. The summed E-state index contributed by atoms with van der Waals surface area (Å²) < 4.78 is 33.8. The Kier molecular flexibility index (Phi) is 6.17. The second-order valence-electron chi connectivity index (χ2n) is 10.2. The van der Waals surface area contributed by atoms with Gasteiger partial charge in [0.15, 0.2) is 9.84 Å². The Morgan fingerprint density at radius 3 is 2.86 bits per heavy atom. The summed E-state index contributed by atoms with van der Waals surface area (Å²) in [5, 5.41) is 1.15. The Balaban J connectivity index is 1.19. The van der Waals surface area contributed by atoms with Crippen LogP contribution in [0, 0.1) is 0 Å². The second-order valence-corrected chi connectivity index (χ2v) is 12.2. The van der Waals surface area contributed by atoms with Crippen LogP contribution in [0.1, 0.15) is 19.3 Å². The number of nitrogens with zero attached hydrogens (tertiary/aromatic N) is 4. The minimum atomic E-state index is -3.47. The fourth-order valence-corrected chi connectivity index (χ4v) is 6.86. The fourth-order valence-electron chi connectivity index (χ4n) is 5.77. The van der Waals surface area contributed by atoms with Crippen molar-refractivity contribution in [2.75, 3.05) is 61.9 Å². The lowest BCUT2D eigenvalue weighted by molar-refractivity contribution is 0.133. The van der Waals surface area contributed by atoms with Crippen LogP contribution in [0.5, 0.6) is 5.75 Å². The monoisotopic (exact) mass is 506 g/mol. The summed E-state index contributed by atoms with van der Waals surface area (Å²) >= 11 is 0. The van der Waals surface area contributed by atoms with Crippen molar-refractivity contribution >= 4 is 38.3 Å². The lowest BCUT2D eigenvalue weighted by Crippen LogP contribution is -2.54. The van der Waals surface area contributed by atoms with E-state index in [1.54, 1.807) is 18.2 Å². The number of rotatable bonds is 5. The molecule has 0 aliphatic carbocycles. The van der Waals surface area contributed by atoms with E-state index in [0.29, 0.717) is 23.3 Å². The van der Waals surface area contributed by atoms with Crippen LogP contribution in [0.2, 0.25) is 0 Å². The zero-order valence-corrected chi connectivity index (χ0v) is 21.7. The summed E-state index contributed by atoms with van der Waals surface area (Å²) in [6.45, 7) is 5.86. The van der Waals surface area contributed by atoms with Crippen LogP contribution in [0.3, 0.4) is 0 Å². The summed E-state index contributed by atoms with van der Waals surface area (Å²) in [6, 6.07) is 14.5. The Morgan fingerprint density at radius 2 is 1.94 bits per heavy atom. The molecule has 36 heavy (non-hydrogen) atoms. The summed E-state index contributed by atoms with van der Waals surface area (Å²) in [5.41, 5.74) is 3.26.